The monoisotopic (exact) mass is 271 g/mol. The van der Waals surface area contributed by atoms with Gasteiger partial charge < -0.3 is 19.5 Å². The lowest BCUT2D eigenvalue weighted by Gasteiger charge is -2.32. The molecule has 0 saturated carbocycles. The number of hydrogen-bond acceptors (Lipinski definition) is 4. The summed E-state index contributed by atoms with van der Waals surface area (Å²) in [5.41, 5.74) is 0.255. The highest BCUT2D eigenvalue weighted by atomic mass is 19.3. The van der Waals surface area contributed by atoms with Crippen LogP contribution >= 0.6 is 0 Å². The molecule has 19 heavy (non-hydrogen) atoms. The van der Waals surface area contributed by atoms with Gasteiger partial charge in [0.05, 0.1) is 0 Å². The van der Waals surface area contributed by atoms with Gasteiger partial charge in [0.2, 0.25) is 0 Å². The molecule has 1 fully saturated rings. The minimum absolute atomic E-state index is 0.255. The molecule has 3 rings (SSSR count). The van der Waals surface area contributed by atoms with Gasteiger partial charge in [-0.05, 0) is 17.7 Å². The predicted octanol–water partition coefficient (Wildman–Crippen LogP) is 1.87. The van der Waals surface area contributed by atoms with Gasteiger partial charge in [-0.3, -0.25) is 0 Å². The number of rotatable bonds is 1. The quantitative estimate of drug-likeness (QED) is 0.847. The summed E-state index contributed by atoms with van der Waals surface area (Å²) in [6.45, 7) is -0.137. The molecule has 1 amide bonds. The Bertz CT molecular complexity index is 520. The molecule has 1 N–H and O–H groups in total. The third-order valence-corrected chi connectivity index (χ3v) is 2.98. The van der Waals surface area contributed by atoms with Crippen molar-refractivity contribution in [2.75, 3.05) is 19.8 Å². The van der Waals surface area contributed by atoms with Crippen LogP contribution in [-0.2, 0) is 4.74 Å². The largest absolute Gasteiger partial charge is 0.486 e. The van der Waals surface area contributed by atoms with Crippen molar-refractivity contribution in [3.63, 3.8) is 0 Å². The summed E-state index contributed by atoms with van der Waals surface area (Å²) in [5, 5.41) is 2.12. The molecule has 0 aliphatic carbocycles. The van der Waals surface area contributed by atoms with Crippen molar-refractivity contribution in [2.45, 2.75) is 12.0 Å². The van der Waals surface area contributed by atoms with E-state index in [0.29, 0.717) is 24.7 Å². The Morgan fingerprint density at radius 2 is 1.89 bits per heavy atom. The third kappa shape index (κ3) is 2.16. The van der Waals surface area contributed by atoms with Crippen LogP contribution in [0.5, 0.6) is 11.5 Å². The van der Waals surface area contributed by atoms with E-state index in [1.807, 2.05) is 0 Å². The Morgan fingerprint density at radius 1 is 1.16 bits per heavy atom. The molecular formula is C12H11F2NO4. The van der Waals surface area contributed by atoms with Crippen molar-refractivity contribution in [2.24, 2.45) is 0 Å². The molecule has 0 bridgehead atoms. The van der Waals surface area contributed by atoms with Crippen molar-refractivity contribution in [1.82, 2.24) is 5.32 Å². The van der Waals surface area contributed by atoms with Gasteiger partial charge in [0.15, 0.2) is 18.1 Å². The van der Waals surface area contributed by atoms with Gasteiger partial charge >= 0.3 is 12.0 Å². The van der Waals surface area contributed by atoms with E-state index in [0.717, 1.165) is 0 Å². The molecule has 1 aromatic rings. The highest BCUT2D eigenvalue weighted by molar-refractivity contribution is 5.69. The number of hydrogen-bond donors (Lipinski definition) is 1. The second-order valence-electron chi connectivity index (χ2n) is 4.32. The summed E-state index contributed by atoms with van der Waals surface area (Å²) in [6.07, 6.45) is -0.856. The highest BCUT2D eigenvalue weighted by Gasteiger charge is 2.47. The summed E-state index contributed by atoms with van der Waals surface area (Å²) < 4.78 is 42.4. The van der Waals surface area contributed by atoms with E-state index >= 15 is 0 Å². The van der Waals surface area contributed by atoms with E-state index in [1.54, 1.807) is 6.07 Å². The molecule has 0 aromatic heterocycles. The maximum absolute atomic E-state index is 13.7. The summed E-state index contributed by atoms with van der Waals surface area (Å²) in [6, 6.07) is 3.07. The summed E-state index contributed by atoms with van der Waals surface area (Å²) in [4.78, 5) is 11.1. The van der Waals surface area contributed by atoms with Crippen LogP contribution in [0.4, 0.5) is 13.6 Å². The molecule has 0 unspecified atom stereocenters. The Morgan fingerprint density at radius 3 is 2.68 bits per heavy atom. The zero-order valence-corrected chi connectivity index (χ0v) is 9.82. The fourth-order valence-electron chi connectivity index (χ4n) is 2.08. The lowest BCUT2D eigenvalue weighted by Crippen LogP contribution is -2.49. The topological polar surface area (TPSA) is 56.8 Å². The third-order valence-electron chi connectivity index (χ3n) is 2.98. The number of benzene rings is 1. The van der Waals surface area contributed by atoms with Gasteiger partial charge in [0.1, 0.15) is 19.3 Å². The van der Waals surface area contributed by atoms with Gasteiger partial charge in [0, 0.05) is 0 Å². The lowest BCUT2D eigenvalue weighted by atomic mass is 9.99. The van der Waals surface area contributed by atoms with Crippen LogP contribution in [0.1, 0.15) is 11.6 Å². The van der Waals surface area contributed by atoms with Gasteiger partial charge in [-0.25, -0.2) is 13.6 Å². The van der Waals surface area contributed by atoms with Crippen molar-refractivity contribution in [3.8, 4) is 11.5 Å². The van der Waals surface area contributed by atoms with Gasteiger partial charge in [0.25, 0.3) is 0 Å². The second kappa shape index (κ2) is 4.25. The zero-order chi connectivity index (χ0) is 13.5. The van der Waals surface area contributed by atoms with Crippen LogP contribution in [0.15, 0.2) is 18.2 Å². The molecule has 7 heteroatoms. The predicted molar refractivity (Wildman–Crippen MR) is 59.6 cm³/mol. The number of ether oxygens (including phenoxy) is 3. The van der Waals surface area contributed by atoms with E-state index < -0.39 is 24.7 Å². The highest BCUT2D eigenvalue weighted by Crippen LogP contribution is 2.38. The van der Waals surface area contributed by atoms with E-state index in [9.17, 15) is 13.6 Å². The number of nitrogens with one attached hydrogen (secondary N) is 1. The number of cyclic esters (lactones) is 1. The van der Waals surface area contributed by atoms with E-state index in [2.05, 4.69) is 10.1 Å². The molecule has 2 aliphatic rings. The fourth-order valence-corrected chi connectivity index (χ4v) is 2.08. The van der Waals surface area contributed by atoms with Crippen LogP contribution < -0.4 is 14.8 Å². The summed E-state index contributed by atoms with van der Waals surface area (Å²) in [7, 11) is 0. The number of fused-ring (bicyclic) bond motifs is 1. The Kier molecular flexibility index (Phi) is 2.69. The normalized spacial score (nSPS) is 24.3. The molecule has 102 valence electrons. The van der Waals surface area contributed by atoms with Crippen LogP contribution in [0, 0.1) is 0 Å². The average Bonchev–Trinajstić information content (AvgIpc) is 2.41. The number of alkyl halides is 2. The van der Waals surface area contributed by atoms with E-state index in [1.165, 1.54) is 12.1 Å². The second-order valence-corrected chi connectivity index (χ2v) is 4.32. The van der Waals surface area contributed by atoms with Crippen LogP contribution in [-0.4, -0.2) is 31.8 Å². The molecule has 1 aromatic carbocycles. The van der Waals surface area contributed by atoms with Crippen molar-refractivity contribution in [3.05, 3.63) is 23.8 Å². The Hall–Kier alpha value is -2.05. The van der Waals surface area contributed by atoms with Gasteiger partial charge in [-0.1, -0.05) is 6.07 Å². The average molecular weight is 271 g/mol. The van der Waals surface area contributed by atoms with Gasteiger partial charge in [-0.15, -0.1) is 0 Å². The SMILES string of the molecule is O=C1N[C@H](c2ccc3c(c2)OCCO3)C(F)(F)CO1. The lowest BCUT2D eigenvalue weighted by molar-refractivity contribution is -0.104. The Labute approximate surface area is 107 Å². The maximum Gasteiger partial charge on any atom is 0.408 e. The molecule has 5 nitrogen and oxygen atoms in total. The first-order valence-electron chi connectivity index (χ1n) is 5.77. The molecule has 2 heterocycles. The van der Waals surface area contributed by atoms with Crippen molar-refractivity contribution in [1.29, 1.82) is 0 Å². The number of alkyl carbamates (subject to hydrolysis) is 1. The first kappa shape index (κ1) is 12.0. The smallest absolute Gasteiger partial charge is 0.408 e. The zero-order valence-electron chi connectivity index (χ0n) is 9.82. The van der Waals surface area contributed by atoms with Crippen LogP contribution in [0.25, 0.3) is 0 Å². The minimum Gasteiger partial charge on any atom is -0.486 e. The van der Waals surface area contributed by atoms with Crippen LogP contribution in [0.3, 0.4) is 0 Å². The number of carbonyl (C=O) groups is 1. The van der Waals surface area contributed by atoms with Crippen LogP contribution in [0.2, 0.25) is 0 Å². The number of amides is 1. The summed E-state index contributed by atoms with van der Waals surface area (Å²) >= 11 is 0. The molecule has 1 atom stereocenters. The van der Waals surface area contributed by atoms with Gasteiger partial charge in [-0.2, -0.15) is 0 Å². The molecule has 0 spiro atoms. The van der Waals surface area contributed by atoms with E-state index in [4.69, 9.17) is 9.47 Å². The molecular weight excluding hydrogens is 260 g/mol. The van der Waals surface area contributed by atoms with Crippen molar-refractivity contribution >= 4 is 6.09 Å². The molecule has 2 aliphatic heterocycles. The first-order chi connectivity index (χ1) is 9.06. The minimum atomic E-state index is -3.17. The molecule has 1 saturated heterocycles. The first-order valence-corrected chi connectivity index (χ1v) is 5.77. The maximum atomic E-state index is 13.7. The fraction of sp³-hybridized carbons (Fsp3) is 0.417. The number of carbonyl (C=O) groups excluding carboxylic acids is 1. The van der Waals surface area contributed by atoms with E-state index in [-0.39, 0.29) is 5.56 Å². The summed E-state index contributed by atoms with van der Waals surface area (Å²) in [5.74, 6) is -2.26. The van der Waals surface area contributed by atoms with Crippen molar-refractivity contribution < 1.29 is 27.8 Å². The standard InChI is InChI=1S/C12H11F2NO4/c13-12(14)6-19-11(16)15-10(12)7-1-2-8-9(5-7)18-4-3-17-8/h1-2,5,10H,3-4,6H2,(H,15,16)/t10-/m1/s1. The Balaban J connectivity index is 1.94. The molecule has 0 radical (unpaired) electrons. The number of halogens is 2.